The normalized spacial score (nSPS) is 33.5. The van der Waals surface area contributed by atoms with Gasteiger partial charge in [0, 0.05) is 31.7 Å². The largest absolute Gasteiger partial charge is 0.339 e. The van der Waals surface area contributed by atoms with Gasteiger partial charge in [0.15, 0.2) is 0 Å². The molecule has 5 rings (SSSR count). The number of amides is 1. The lowest BCUT2D eigenvalue weighted by atomic mass is 9.88. The Bertz CT molecular complexity index is 697. The highest BCUT2D eigenvalue weighted by Crippen LogP contribution is 2.70. The highest BCUT2D eigenvalue weighted by Gasteiger charge is 2.62. The predicted octanol–water partition coefficient (Wildman–Crippen LogP) is 3.15. The van der Waals surface area contributed by atoms with E-state index in [2.05, 4.69) is 33.4 Å². The van der Waals surface area contributed by atoms with Gasteiger partial charge in [-0.05, 0) is 74.0 Å². The van der Waals surface area contributed by atoms with Crippen molar-refractivity contribution in [2.45, 2.75) is 51.1 Å². The van der Waals surface area contributed by atoms with Crippen LogP contribution in [0.3, 0.4) is 0 Å². The Morgan fingerprint density at radius 1 is 1.27 bits per heavy atom. The summed E-state index contributed by atoms with van der Waals surface area (Å²) in [7, 11) is 0. The molecule has 3 aliphatic carbocycles. The van der Waals surface area contributed by atoms with Gasteiger partial charge in [-0.15, -0.1) is 0 Å². The van der Waals surface area contributed by atoms with Crippen LogP contribution < -0.4 is 5.32 Å². The third kappa shape index (κ3) is 2.79. The maximum atomic E-state index is 12.5. The van der Waals surface area contributed by atoms with Gasteiger partial charge < -0.3 is 10.2 Å². The van der Waals surface area contributed by atoms with E-state index in [1.165, 1.54) is 19.3 Å². The summed E-state index contributed by atoms with van der Waals surface area (Å²) in [5.41, 5.74) is 1.71. The minimum absolute atomic E-state index is 0.385. The lowest BCUT2D eigenvalue weighted by molar-refractivity contribution is -0.129. The van der Waals surface area contributed by atoms with Crippen LogP contribution in [-0.4, -0.2) is 34.9 Å². The van der Waals surface area contributed by atoms with Gasteiger partial charge in [0.25, 0.3) is 0 Å². The van der Waals surface area contributed by atoms with Crippen molar-refractivity contribution in [1.82, 2.24) is 15.2 Å². The van der Waals surface area contributed by atoms with E-state index in [0.29, 0.717) is 23.3 Å². The summed E-state index contributed by atoms with van der Waals surface area (Å²) in [5.74, 6) is 2.66. The fourth-order valence-electron chi connectivity index (χ4n) is 5.92. The Morgan fingerprint density at radius 3 is 2.96 bits per heavy atom. The van der Waals surface area contributed by atoms with Crippen molar-refractivity contribution < 1.29 is 4.79 Å². The first-order valence-corrected chi connectivity index (χ1v) is 10.3. The van der Waals surface area contributed by atoms with E-state index >= 15 is 0 Å². The lowest BCUT2D eigenvalue weighted by Gasteiger charge is -2.30. The van der Waals surface area contributed by atoms with Crippen molar-refractivity contribution in [2.24, 2.45) is 23.2 Å². The summed E-state index contributed by atoms with van der Waals surface area (Å²) >= 11 is 0. The molecule has 4 heteroatoms. The Kier molecular flexibility index (Phi) is 4.11. The second-order valence-electron chi connectivity index (χ2n) is 8.77. The van der Waals surface area contributed by atoms with Crippen molar-refractivity contribution in [3.63, 3.8) is 0 Å². The number of carbonyl (C=O) groups excluding carboxylic acids is 1. The van der Waals surface area contributed by atoms with Crippen molar-refractivity contribution >= 4 is 5.91 Å². The molecule has 1 amide bonds. The number of carbonyl (C=O) groups is 1. The number of allylic oxidation sites excluding steroid dienone is 2. The number of aromatic nitrogens is 1. The van der Waals surface area contributed by atoms with Crippen LogP contribution in [0.2, 0.25) is 0 Å². The summed E-state index contributed by atoms with van der Waals surface area (Å²) < 4.78 is 0. The second kappa shape index (κ2) is 6.49. The standard InChI is InChI=1S/C22H29N3O/c26-21-7-5-19(8-12-23-14-18-3-1-2-11-24-18)25(21)15-16-13-17-4-6-20(16)22(17)9-10-22/h1-4,6,11,16-17,19-20,23H,5,7-10,12-15H2. The number of nitrogens with zero attached hydrogens (tertiary/aromatic N) is 2. The van der Waals surface area contributed by atoms with E-state index in [1.54, 1.807) is 0 Å². The molecule has 0 aromatic carbocycles. The van der Waals surface area contributed by atoms with Crippen LogP contribution in [0.5, 0.6) is 0 Å². The quantitative estimate of drug-likeness (QED) is 0.606. The molecule has 1 N–H and O–H groups in total. The summed E-state index contributed by atoms with van der Waals surface area (Å²) in [6.45, 7) is 2.75. The summed E-state index contributed by atoms with van der Waals surface area (Å²) in [6.07, 6.45) is 13.8. The van der Waals surface area contributed by atoms with Crippen molar-refractivity contribution in [2.75, 3.05) is 13.1 Å². The van der Waals surface area contributed by atoms with Crippen molar-refractivity contribution in [1.29, 1.82) is 0 Å². The topological polar surface area (TPSA) is 45.2 Å². The van der Waals surface area contributed by atoms with Crippen LogP contribution in [0.25, 0.3) is 0 Å². The number of hydrogen-bond donors (Lipinski definition) is 1. The number of nitrogens with one attached hydrogen (secondary N) is 1. The first-order valence-electron chi connectivity index (χ1n) is 10.3. The minimum Gasteiger partial charge on any atom is -0.339 e. The van der Waals surface area contributed by atoms with Crippen molar-refractivity contribution in [3.8, 4) is 0 Å². The zero-order chi connectivity index (χ0) is 17.6. The molecule has 1 saturated heterocycles. The van der Waals surface area contributed by atoms with E-state index in [4.69, 9.17) is 0 Å². The number of likely N-dealkylation sites (tertiary alicyclic amines) is 1. The fourth-order valence-corrected chi connectivity index (χ4v) is 5.92. The van der Waals surface area contributed by atoms with Crippen molar-refractivity contribution in [3.05, 3.63) is 42.2 Å². The molecular formula is C22H29N3O. The van der Waals surface area contributed by atoms with Gasteiger partial charge in [-0.3, -0.25) is 9.78 Å². The highest BCUT2D eigenvalue weighted by molar-refractivity contribution is 5.78. The third-order valence-corrected chi connectivity index (χ3v) is 7.42. The molecule has 1 aliphatic heterocycles. The average molecular weight is 351 g/mol. The van der Waals surface area contributed by atoms with Crippen LogP contribution in [0.1, 0.15) is 44.2 Å². The Morgan fingerprint density at radius 2 is 2.19 bits per heavy atom. The zero-order valence-electron chi connectivity index (χ0n) is 15.4. The molecule has 1 aromatic rings. The Balaban J connectivity index is 1.14. The molecule has 138 valence electrons. The molecule has 1 spiro atoms. The van der Waals surface area contributed by atoms with Gasteiger partial charge in [0.1, 0.15) is 0 Å². The fraction of sp³-hybridized carbons (Fsp3) is 0.636. The first-order chi connectivity index (χ1) is 12.8. The molecule has 4 atom stereocenters. The van der Waals surface area contributed by atoms with Gasteiger partial charge in [-0.2, -0.15) is 0 Å². The Labute approximate surface area is 156 Å². The molecule has 2 heterocycles. The zero-order valence-corrected chi connectivity index (χ0v) is 15.4. The summed E-state index contributed by atoms with van der Waals surface area (Å²) in [6, 6.07) is 6.45. The highest BCUT2D eigenvalue weighted by atomic mass is 16.2. The van der Waals surface area contributed by atoms with Gasteiger partial charge in [0.05, 0.1) is 5.69 Å². The van der Waals surface area contributed by atoms with E-state index in [9.17, 15) is 4.79 Å². The molecule has 4 unspecified atom stereocenters. The van der Waals surface area contributed by atoms with Crippen LogP contribution in [-0.2, 0) is 11.3 Å². The monoisotopic (exact) mass is 351 g/mol. The lowest BCUT2D eigenvalue weighted by Crippen LogP contribution is -2.39. The minimum atomic E-state index is 0.385. The molecule has 3 fully saturated rings. The Hall–Kier alpha value is -1.68. The molecule has 2 saturated carbocycles. The van der Waals surface area contributed by atoms with Crippen LogP contribution in [0, 0.1) is 23.2 Å². The van der Waals surface area contributed by atoms with E-state index in [-0.39, 0.29) is 0 Å². The van der Waals surface area contributed by atoms with Gasteiger partial charge >= 0.3 is 0 Å². The molecular weight excluding hydrogens is 322 g/mol. The average Bonchev–Trinajstić information content (AvgIpc) is 3.22. The third-order valence-electron chi connectivity index (χ3n) is 7.42. The molecule has 26 heavy (non-hydrogen) atoms. The molecule has 4 nitrogen and oxygen atoms in total. The van der Waals surface area contributed by atoms with Gasteiger partial charge in [-0.25, -0.2) is 0 Å². The smallest absolute Gasteiger partial charge is 0.222 e. The summed E-state index contributed by atoms with van der Waals surface area (Å²) in [5, 5.41) is 3.50. The second-order valence-corrected chi connectivity index (χ2v) is 8.77. The summed E-state index contributed by atoms with van der Waals surface area (Å²) in [4.78, 5) is 19.1. The SMILES string of the molecule is O=C1CCC(CCNCc2ccccn2)N1CC1CC2C=CC1C21CC1. The van der Waals surface area contributed by atoms with E-state index in [1.807, 2.05) is 18.3 Å². The van der Waals surface area contributed by atoms with Gasteiger partial charge in [0.2, 0.25) is 5.91 Å². The maximum absolute atomic E-state index is 12.5. The number of hydrogen-bond acceptors (Lipinski definition) is 3. The van der Waals surface area contributed by atoms with E-state index < -0.39 is 0 Å². The van der Waals surface area contributed by atoms with Crippen LogP contribution >= 0.6 is 0 Å². The number of pyridine rings is 1. The predicted molar refractivity (Wildman–Crippen MR) is 101 cm³/mol. The maximum Gasteiger partial charge on any atom is 0.222 e. The molecule has 0 radical (unpaired) electrons. The van der Waals surface area contributed by atoms with Gasteiger partial charge in [-0.1, -0.05) is 18.2 Å². The van der Waals surface area contributed by atoms with Crippen LogP contribution in [0.15, 0.2) is 36.5 Å². The molecule has 1 aromatic heterocycles. The van der Waals surface area contributed by atoms with E-state index in [0.717, 1.165) is 56.4 Å². The first kappa shape index (κ1) is 16.5. The number of rotatable bonds is 7. The van der Waals surface area contributed by atoms with Crippen LogP contribution in [0.4, 0.5) is 0 Å². The molecule has 2 bridgehead atoms. The molecule has 4 aliphatic rings.